The van der Waals surface area contributed by atoms with Crippen LogP contribution in [0.3, 0.4) is 0 Å². The molecular weight excluding hydrogens is 557 g/mol. The molecule has 10 atom stereocenters. The van der Waals surface area contributed by atoms with Gasteiger partial charge >= 0.3 is 29.6 Å². The van der Waals surface area contributed by atoms with Gasteiger partial charge < -0.3 is 29.6 Å². The van der Waals surface area contributed by atoms with Gasteiger partial charge in [0.05, 0.1) is 23.9 Å². The van der Waals surface area contributed by atoms with E-state index in [0.29, 0.717) is 0 Å². The van der Waals surface area contributed by atoms with Crippen LogP contribution in [0.4, 0.5) is 8.78 Å². The van der Waals surface area contributed by atoms with Crippen molar-refractivity contribution in [1.29, 1.82) is 0 Å². The zero-order valence-electron chi connectivity index (χ0n) is 23.4. The predicted octanol–water partition coefficient (Wildman–Crippen LogP) is -1.39. The van der Waals surface area contributed by atoms with Gasteiger partial charge in [0.1, 0.15) is 6.17 Å². The molecule has 1 saturated heterocycles. The van der Waals surface area contributed by atoms with Crippen molar-refractivity contribution >= 4 is 29.3 Å². The molecule has 12 heteroatoms. The Morgan fingerprint density at radius 2 is 1.90 bits per heavy atom. The molecule has 0 bridgehead atoms. The van der Waals surface area contributed by atoms with Crippen LogP contribution in [0.2, 0.25) is 0 Å². The number of carboxylic acid groups (broad SMARTS) is 1. The SMILES string of the molecule is CC1(C)O[C@@H]2C[C@H]3[C@@H]4C[C@H](F)C5=CC(=O)C=C[C@]5(C)[C@@]4(F)[C@@H](O)C[C@]3(C)[C@]2(C(=O)CS[C@H](CCO)C(=O)[O-])O1.[Na+]. The van der Waals surface area contributed by atoms with Crippen LogP contribution in [-0.4, -0.2) is 80.8 Å². The zero-order valence-corrected chi connectivity index (χ0v) is 26.3. The number of hydrogen-bond acceptors (Lipinski definition) is 9. The summed E-state index contributed by atoms with van der Waals surface area (Å²) in [6.07, 6.45) is -0.724. The van der Waals surface area contributed by atoms with E-state index in [1.165, 1.54) is 19.1 Å². The molecule has 0 amide bonds. The molecule has 0 aromatic rings. The van der Waals surface area contributed by atoms with Crippen LogP contribution in [0, 0.1) is 22.7 Å². The van der Waals surface area contributed by atoms with Crippen LogP contribution in [0.5, 0.6) is 0 Å². The summed E-state index contributed by atoms with van der Waals surface area (Å²) in [5.41, 5.74) is -6.64. The number of aliphatic hydroxyl groups is 2. The van der Waals surface area contributed by atoms with Crippen LogP contribution in [-0.2, 0) is 23.9 Å². The third-order valence-electron chi connectivity index (χ3n) is 10.1. The third kappa shape index (κ3) is 4.28. The maximum Gasteiger partial charge on any atom is 1.00 e. The molecule has 40 heavy (non-hydrogen) atoms. The molecule has 216 valence electrons. The molecule has 8 nitrogen and oxygen atoms in total. The number of halogens is 2. The van der Waals surface area contributed by atoms with Gasteiger partial charge in [0.15, 0.2) is 28.6 Å². The van der Waals surface area contributed by atoms with Crippen LogP contribution in [0.15, 0.2) is 23.8 Å². The summed E-state index contributed by atoms with van der Waals surface area (Å²) in [5, 5.41) is 31.2. The molecule has 5 aliphatic rings. The summed E-state index contributed by atoms with van der Waals surface area (Å²) in [6, 6.07) is 0. The third-order valence-corrected chi connectivity index (χ3v) is 11.4. The first kappa shape index (κ1) is 32.3. The summed E-state index contributed by atoms with van der Waals surface area (Å²) in [7, 11) is 0. The minimum Gasteiger partial charge on any atom is -0.549 e. The Labute approximate surface area is 258 Å². The first-order valence-electron chi connectivity index (χ1n) is 13.4. The molecular formula is C28H35F2NaO8S. The van der Waals surface area contributed by atoms with E-state index < -0.39 is 87.5 Å². The normalized spacial score (nSPS) is 45.4. The van der Waals surface area contributed by atoms with Gasteiger partial charge in [-0.1, -0.05) is 13.0 Å². The predicted molar refractivity (Wildman–Crippen MR) is 135 cm³/mol. The number of Topliss-reactive ketones (excluding diaryl/α,β-unsaturated/α-hetero) is 1. The van der Waals surface area contributed by atoms with Gasteiger partial charge in [-0.05, 0) is 70.1 Å². The average molecular weight is 593 g/mol. The summed E-state index contributed by atoms with van der Waals surface area (Å²) in [4.78, 5) is 37.6. The molecule has 0 unspecified atom stereocenters. The van der Waals surface area contributed by atoms with E-state index in [1.807, 2.05) is 0 Å². The van der Waals surface area contributed by atoms with Crippen molar-refractivity contribution in [3.05, 3.63) is 23.8 Å². The maximum atomic E-state index is 17.4. The topological polar surface area (TPSA) is 133 Å². The van der Waals surface area contributed by atoms with E-state index in [4.69, 9.17) is 9.47 Å². The van der Waals surface area contributed by atoms with Gasteiger partial charge in [0.2, 0.25) is 0 Å². The Hall–Kier alpha value is -0.660. The van der Waals surface area contributed by atoms with Gasteiger partial charge in [-0.15, -0.1) is 11.8 Å². The van der Waals surface area contributed by atoms with Crippen molar-refractivity contribution < 1.29 is 77.5 Å². The Morgan fingerprint density at radius 1 is 1.23 bits per heavy atom. The first-order valence-corrected chi connectivity index (χ1v) is 14.4. The number of allylic oxidation sites excluding steroid dienone is 4. The molecule has 0 aromatic carbocycles. The first-order chi connectivity index (χ1) is 18.1. The molecule has 0 spiro atoms. The molecule has 5 rings (SSSR count). The minimum absolute atomic E-state index is 0. The van der Waals surface area contributed by atoms with Crippen LogP contribution < -0.4 is 34.7 Å². The second kappa shape index (κ2) is 10.5. The van der Waals surface area contributed by atoms with Crippen molar-refractivity contribution in [2.24, 2.45) is 22.7 Å². The quantitative estimate of drug-likeness (QED) is 0.343. The van der Waals surface area contributed by atoms with E-state index in [9.17, 15) is 29.7 Å². The maximum absolute atomic E-state index is 17.4. The van der Waals surface area contributed by atoms with Gasteiger partial charge in [0, 0.05) is 28.6 Å². The second-order valence-corrected chi connectivity index (χ2v) is 13.7. The van der Waals surface area contributed by atoms with Gasteiger partial charge in [-0.2, -0.15) is 0 Å². The molecule has 1 heterocycles. The number of ketones is 2. The molecule has 0 aromatic heterocycles. The molecule has 0 radical (unpaired) electrons. The number of ether oxygens (including phenoxy) is 2. The van der Waals surface area contributed by atoms with Gasteiger partial charge in [-0.3, -0.25) is 9.59 Å². The van der Waals surface area contributed by atoms with E-state index in [1.54, 1.807) is 20.8 Å². The van der Waals surface area contributed by atoms with Gasteiger partial charge in [0.25, 0.3) is 0 Å². The smallest absolute Gasteiger partial charge is 0.549 e. The van der Waals surface area contributed by atoms with E-state index in [2.05, 4.69) is 0 Å². The molecule has 4 aliphatic carbocycles. The molecule has 1 aliphatic heterocycles. The van der Waals surface area contributed by atoms with Crippen molar-refractivity contribution in [3.8, 4) is 0 Å². The Balaban J connectivity index is 0.00000370. The average Bonchev–Trinajstić information content (AvgIpc) is 3.25. The van der Waals surface area contributed by atoms with Crippen molar-refractivity contribution in [2.45, 2.75) is 94.1 Å². The monoisotopic (exact) mass is 592 g/mol. The van der Waals surface area contributed by atoms with E-state index in [-0.39, 0.29) is 66.6 Å². The number of alkyl halides is 2. The van der Waals surface area contributed by atoms with Crippen molar-refractivity contribution in [3.63, 3.8) is 0 Å². The number of hydrogen-bond donors (Lipinski definition) is 2. The number of aliphatic carboxylic acids is 1. The number of thioether (sulfide) groups is 1. The Bertz CT molecular complexity index is 1160. The Morgan fingerprint density at radius 3 is 2.52 bits per heavy atom. The van der Waals surface area contributed by atoms with Crippen LogP contribution in [0.1, 0.15) is 53.4 Å². The largest absolute Gasteiger partial charge is 1.00 e. The number of rotatable bonds is 7. The van der Waals surface area contributed by atoms with E-state index in [0.717, 1.165) is 17.8 Å². The van der Waals surface area contributed by atoms with Gasteiger partial charge in [-0.25, -0.2) is 8.78 Å². The number of carbonyl (C=O) groups is 3. The fraction of sp³-hybridized carbons (Fsp3) is 0.750. The zero-order chi connectivity index (χ0) is 28.8. The van der Waals surface area contributed by atoms with Crippen molar-refractivity contribution in [1.82, 2.24) is 0 Å². The fourth-order valence-corrected chi connectivity index (χ4v) is 9.45. The molecule has 3 saturated carbocycles. The summed E-state index contributed by atoms with van der Waals surface area (Å²) >= 11 is 0.817. The van der Waals surface area contributed by atoms with Crippen molar-refractivity contribution in [2.75, 3.05) is 12.4 Å². The number of carboxylic acids is 1. The minimum atomic E-state index is -2.31. The molecule has 4 fully saturated rings. The fourth-order valence-electron chi connectivity index (χ4n) is 8.47. The number of aliphatic hydroxyl groups excluding tert-OH is 2. The Kier molecular flexibility index (Phi) is 8.47. The number of carbonyl (C=O) groups excluding carboxylic acids is 3. The molecule has 2 N–H and O–H groups in total. The summed E-state index contributed by atoms with van der Waals surface area (Å²) in [5.74, 6) is -5.39. The van der Waals surface area contributed by atoms with E-state index >= 15 is 8.78 Å². The summed E-state index contributed by atoms with van der Waals surface area (Å²) in [6.45, 7) is 6.17. The second-order valence-electron chi connectivity index (χ2n) is 12.5. The summed E-state index contributed by atoms with van der Waals surface area (Å²) < 4.78 is 45.7. The van der Waals surface area contributed by atoms with Crippen LogP contribution >= 0.6 is 11.8 Å². The number of fused-ring (bicyclic) bond motifs is 7. The standard InChI is InChI=1S/C28H36F2O8S.Na/c1-24(2)37-22-11-15-16-10-18(29)17-9-14(32)5-7-25(17,3)27(16,30)20(33)12-26(15,4)28(22,38-24)21(34)13-39-19(6-8-31)23(35)36;/h5,7,9,15-16,18-20,22,31,33H,6,8,10-13H2,1-4H3,(H,35,36);/q;+1/p-1/t15-,16-,18-,19+,20-,22+,25-,26-,27-,28+;/m0./s1. The van der Waals surface area contributed by atoms with Crippen LogP contribution in [0.25, 0.3) is 0 Å².